The van der Waals surface area contributed by atoms with Crippen LogP contribution in [0.3, 0.4) is 0 Å². The van der Waals surface area contributed by atoms with Crippen LogP contribution in [0, 0.1) is 6.92 Å². The van der Waals surface area contributed by atoms with Gasteiger partial charge in [-0.15, -0.1) is 11.3 Å². The molecular weight excluding hydrogens is 448 g/mol. The second kappa shape index (κ2) is 8.43. The van der Waals surface area contributed by atoms with Gasteiger partial charge in [0.1, 0.15) is 11.4 Å². The average molecular weight is 469 g/mol. The summed E-state index contributed by atoms with van der Waals surface area (Å²) in [5.41, 5.74) is 5.11. The van der Waals surface area contributed by atoms with Crippen molar-refractivity contribution in [2.45, 2.75) is 20.0 Å². The van der Waals surface area contributed by atoms with Crippen LogP contribution in [-0.2, 0) is 13.1 Å². The Morgan fingerprint density at radius 1 is 1.10 bits per heavy atom. The maximum atomic E-state index is 13.0. The molecule has 0 aliphatic rings. The summed E-state index contributed by atoms with van der Waals surface area (Å²) in [5, 5.41) is 3.07. The number of amides is 1. The average Bonchev–Trinajstić information content (AvgIpc) is 3.24. The van der Waals surface area contributed by atoms with E-state index in [1.165, 1.54) is 5.56 Å². The number of carbonyl (C=O) groups excluding carboxylic acids is 1. The van der Waals surface area contributed by atoms with Gasteiger partial charge in [-0.3, -0.25) is 4.79 Å². The minimum absolute atomic E-state index is 0.0699. The molecule has 6 heteroatoms. The van der Waals surface area contributed by atoms with Gasteiger partial charge in [-0.2, -0.15) is 0 Å². The van der Waals surface area contributed by atoms with Crippen LogP contribution in [-0.4, -0.2) is 17.6 Å². The van der Waals surface area contributed by atoms with Crippen LogP contribution >= 0.6 is 27.3 Å². The maximum Gasteiger partial charge on any atom is 0.268 e. The van der Waals surface area contributed by atoms with Crippen molar-refractivity contribution in [3.05, 3.63) is 86.8 Å². The first-order valence-corrected chi connectivity index (χ1v) is 10.9. The minimum Gasteiger partial charge on any atom is -0.497 e. The van der Waals surface area contributed by atoms with E-state index in [0.29, 0.717) is 18.8 Å². The van der Waals surface area contributed by atoms with Crippen LogP contribution in [0.5, 0.6) is 5.75 Å². The first-order chi connectivity index (χ1) is 14.0. The molecule has 0 saturated carbocycles. The Morgan fingerprint density at radius 3 is 2.62 bits per heavy atom. The highest BCUT2D eigenvalue weighted by atomic mass is 79.9. The van der Waals surface area contributed by atoms with Gasteiger partial charge in [0.2, 0.25) is 0 Å². The number of hydrogen-bond donors (Lipinski definition) is 1. The van der Waals surface area contributed by atoms with Crippen LogP contribution < -0.4 is 10.1 Å². The van der Waals surface area contributed by atoms with Gasteiger partial charge in [0.05, 0.1) is 21.1 Å². The monoisotopic (exact) mass is 468 g/mol. The molecule has 0 saturated heterocycles. The largest absolute Gasteiger partial charge is 0.497 e. The van der Waals surface area contributed by atoms with E-state index in [9.17, 15) is 4.79 Å². The van der Waals surface area contributed by atoms with Crippen molar-refractivity contribution in [3.8, 4) is 5.75 Å². The molecule has 0 spiro atoms. The first kappa shape index (κ1) is 19.7. The molecule has 4 rings (SSSR count). The number of ether oxygens (including phenoxy) is 1. The molecule has 4 aromatic rings. The van der Waals surface area contributed by atoms with E-state index >= 15 is 0 Å². The van der Waals surface area contributed by atoms with Crippen LogP contribution in [0.1, 0.15) is 27.2 Å². The summed E-state index contributed by atoms with van der Waals surface area (Å²) in [6, 6.07) is 20.2. The number of fused-ring (bicyclic) bond motifs is 1. The Labute approximate surface area is 182 Å². The van der Waals surface area contributed by atoms with E-state index in [1.807, 2.05) is 42.5 Å². The summed E-state index contributed by atoms with van der Waals surface area (Å²) in [4.78, 5) is 13.0. The van der Waals surface area contributed by atoms with Crippen LogP contribution in [0.4, 0.5) is 0 Å². The predicted molar refractivity (Wildman–Crippen MR) is 122 cm³/mol. The highest BCUT2D eigenvalue weighted by Crippen LogP contribution is 2.33. The molecule has 29 heavy (non-hydrogen) atoms. The lowest BCUT2D eigenvalue weighted by atomic mass is 10.1. The quantitative estimate of drug-likeness (QED) is 0.390. The van der Waals surface area contributed by atoms with Crippen molar-refractivity contribution in [1.82, 2.24) is 9.88 Å². The van der Waals surface area contributed by atoms with Gasteiger partial charge in [-0.1, -0.05) is 42.0 Å². The van der Waals surface area contributed by atoms with Crippen molar-refractivity contribution >= 4 is 43.4 Å². The van der Waals surface area contributed by atoms with E-state index in [1.54, 1.807) is 18.4 Å². The standard InChI is InChI=1S/C23H21BrN2O2S/c1-15-4-3-5-17(10-15)13-25-23(27)20-11-21-19(12-22(24)29-21)26(20)14-16-6-8-18(28-2)9-7-16/h3-12H,13-14H2,1-2H3,(H,25,27). The highest BCUT2D eigenvalue weighted by molar-refractivity contribution is 9.11. The zero-order valence-corrected chi connectivity index (χ0v) is 18.6. The zero-order valence-electron chi connectivity index (χ0n) is 16.2. The molecular formula is C23H21BrN2O2S. The van der Waals surface area contributed by atoms with E-state index in [4.69, 9.17) is 4.74 Å². The highest BCUT2D eigenvalue weighted by Gasteiger charge is 2.18. The molecule has 0 aliphatic carbocycles. The fraction of sp³-hybridized carbons (Fsp3) is 0.174. The summed E-state index contributed by atoms with van der Waals surface area (Å²) in [5.74, 6) is 0.750. The second-order valence-electron chi connectivity index (χ2n) is 6.94. The van der Waals surface area contributed by atoms with E-state index < -0.39 is 0 Å². The summed E-state index contributed by atoms with van der Waals surface area (Å²) < 4.78 is 9.46. The molecule has 0 atom stereocenters. The summed E-state index contributed by atoms with van der Waals surface area (Å²) in [7, 11) is 1.66. The molecule has 4 nitrogen and oxygen atoms in total. The number of nitrogens with one attached hydrogen (secondary N) is 1. The van der Waals surface area contributed by atoms with Gasteiger partial charge in [0.25, 0.3) is 5.91 Å². The van der Waals surface area contributed by atoms with Crippen molar-refractivity contribution in [1.29, 1.82) is 0 Å². The van der Waals surface area contributed by atoms with Gasteiger partial charge in [0, 0.05) is 13.1 Å². The third-order valence-electron chi connectivity index (χ3n) is 4.83. The third-order valence-corrected chi connectivity index (χ3v) is 6.40. The topological polar surface area (TPSA) is 43.3 Å². The number of nitrogens with zero attached hydrogens (tertiary/aromatic N) is 1. The van der Waals surface area contributed by atoms with Gasteiger partial charge in [-0.25, -0.2) is 0 Å². The van der Waals surface area contributed by atoms with E-state index in [2.05, 4.69) is 50.9 Å². The molecule has 148 valence electrons. The minimum atomic E-state index is -0.0699. The predicted octanol–water partition coefficient (Wildman–Crippen LogP) is 5.76. The smallest absolute Gasteiger partial charge is 0.268 e. The fourth-order valence-electron chi connectivity index (χ4n) is 3.38. The maximum absolute atomic E-state index is 13.0. The molecule has 2 heterocycles. The molecule has 2 aromatic carbocycles. The normalized spacial score (nSPS) is 11.0. The number of benzene rings is 2. The molecule has 1 N–H and O–H groups in total. The number of thiophene rings is 1. The van der Waals surface area contributed by atoms with Crippen molar-refractivity contribution in [2.75, 3.05) is 7.11 Å². The lowest BCUT2D eigenvalue weighted by molar-refractivity contribution is 0.0942. The van der Waals surface area contributed by atoms with Gasteiger partial charge < -0.3 is 14.6 Å². The van der Waals surface area contributed by atoms with Crippen LogP contribution in [0.2, 0.25) is 0 Å². The van der Waals surface area contributed by atoms with E-state index in [0.717, 1.165) is 30.9 Å². The van der Waals surface area contributed by atoms with Crippen LogP contribution in [0.25, 0.3) is 10.2 Å². The molecule has 0 unspecified atom stereocenters. The molecule has 0 aliphatic heterocycles. The molecule has 0 radical (unpaired) electrons. The Hall–Kier alpha value is -2.57. The number of halogens is 1. The van der Waals surface area contributed by atoms with E-state index in [-0.39, 0.29) is 5.91 Å². The second-order valence-corrected chi connectivity index (χ2v) is 9.40. The first-order valence-electron chi connectivity index (χ1n) is 9.29. The van der Waals surface area contributed by atoms with Crippen molar-refractivity contribution in [3.63, 3.8) is 0 Å². The number of methoxy groups -OCH3 is 1. The zero-order chi connectivity index (χ0) is 20.4. The molecule has 0 fully saturated rings. The van der Waals surface area contributed by atoms with Gasteiger partial charge >= 0.3 is 0 Å². The number of hydrogen-bond acceptors (Lipinski definition) is 3. The number of aromatic nitrogens is 1. The summed E-state index contributed by atoms with van der Waals surface area (Å²) in [6.45, 7) is 3.17. The van der Waals surface area contributed by atoms with Crippen LogP contribution in [0.15, 0.2) is 64.5 Å². The molecule has 0 bridgehead atoms. The lowest BCUT2D eigenvalue weighted by Crippen LogP contribution is -2.25. The lowest BCUT2D eigenvalue weighted by Gasteiger charge is -2.12. The third kappa shape index (κ3) is 4.38. The summed E-state index contributed by atoms with van der Waals surface area (Å²) >= 11 is 5.19. The summed E-state index contributed by atoms with van der Waals surface area (Å²) in [6.07, 6.45) is 0. The number of aryl methyl sites for hydroxylation is 1. The molecule has 1 amide bonds. The van der Waals surface area contributed by atoms with Gasteiger partial charge in [-0.05, 0) is 58.2 Å². The molecule has 2 aromatic heterocycles. The SMILES string of the molecule is COc1ccc(Cn2c(C(=O)NCc3cccc(C)c3)cc3sc(Br)cc32)cc1. The Balaban J connectivity index is 1.61. The number of carbonyl (C=O) groups is 1. The fourth-order valence-corrected chi connectivity index (χ4v) is 4.94. The Morgan fingerprint density at radius 2 is 1.90 bits per heavy atom. The van der Waals surface area contributed by atoms with Crippen molar-refractivity contribution < 1.29 is 9.53 Å². The van der Waals surface area contributed by atoms with Gasteiger partial charge in [0.15, 0.2) is 0 Å². The Bertz CT molecular complexity index is 1160. The number of rotatable bonds is 6. The van der Waals surface area contributed by atoms with Crippen molar-refractivity contribution in [2.24, 2.45) is 0 Å². The Kier molecular flexibility index (Phi) is 5.74.